The van der Waals surface area contributed by atoms with Gasteiger partial charge >= 0.3 is 0 Å². The third kappa shape index (κ3) is 7.21. The average molecular weight is 476 g/mol. The number of nitrogens with one attached hydrogen (secondary N) is 1. The summed E-state index contributed by atoms with van der Waals surface area (Å²) in [5.41, 5.74) is 2.14. The molecule has 33 heavy (non-hydrogen) atoms. The molecule has 0 saturated carbocycles. The Bertz CT molecular complexity index is 1050. The van der Waals surface area contributed by atoms with Crippen LogP contribution in [0.5, 0.6) is 5.75 Å². The summed E-state index contributed by atoms with van der Waals surface area (Å²) < 4.78 is 31.4. The number of hydrogen-bond donors (Lipinski definition) is 1. The van der Waals surface area contributed by atoms with E-state index in [0.717, 1.165) is 21.7 Å². The second kappa shape index (κ2) is 11.7. The van der Waals surface area contributed by atoms with Crippen molar-refractivity contribution in [1.29, 1.82) is 0 Å². The number of anilines is 1. The molecule has 1 N–H and O–H groups in total. The van der Waals surface area contributed by atoms with Gasteiger partial charge in [0.25, 0.3) is 0 Å². The SMILES string of the molecule is CCNC(=O)[C@@H](CC)N(Cc1cccc(OC)c1)C(=O)CN(c1ccc(C)cc1)S(C)(=O)=O. The van der Waals surface area contributed by atoms with Gasteiger partial charge in [0.15, 0.2) is 0 Å². The van der Waals surface area contributed by atoms with Crippen LogP contribution in [-0.4, -0.2) is 57.6 Å². The van der Waals surface area contributed by atoms with Crippen LogP contribution in [-0.2, 0) is 26.2 Å². The number of hydrogen-bond acceptors (Lipinski definition) is 5. The lowest BCUT2D eigenvalue weighted by Crippen LogP contribution is -2.52. The molecule has 0 aromatic heterocycles. The van der Waals surface area contributed by atoms with Crippen LogP contribution >= 0.6 is 0 Å². The van der Waals surface area contributed by atoms with Crippen molar-refractivity contribution in [1.82, 2.24) is 10.2 Å². The van der Waals surface area contributed by atoms with E-state index in [-0.39, 0.29) is 12.5 Å². The number of rotatable bonds is 11. The number of nitrogens with zero attached hydrogens (tertiary/aromatic N) is 2. The van der Waals surface area contributed by atoms with E-state index in [2.05, 4.69) is 5.32 Å². The minimum atomic E-state index is -3.74. The highest BCUT2D eigenvalue weighted by Crippen LogP contribution is 2.21. The molecular formula is C24H33N3O5S. The lowest BCUT2D eigenvalue weighted by atomic mass is 10.1. The van der Waals surface area contributed by atoms with Crippen molar-refractivity contribution in [3.05, 3.63) is 59.7 Å². The molecule has 0 fully saturated rings. The maximum absolute atomic E-state index is 13.5. The Hall–Kier alpha value is -3.07. The Kier molecular flexibility index (Phi) is 9.28. The zero-order valence-electron chi connectivity index (χ0n) is 19.9. The number of carbonyl (C=O) groups is 2. The molecule has 0 heterocycles. The number of benzene rings is 2. The summed E-state index contributed by atoms with van der Waals surface area (Å²) in [6.45, 7) is 5.67. The molecule has 2 aromatic carbocycles. The number of sulfonamides is 1. The number of aryl methyl sites for hydroxylation is 1. The van der Waals surface area contributed by atoms with E-state index in [1.807, 2.05) is 26.8 Å². The van der Waals surface area contributed by atoms with Crippen LogP contribution in [0.4, 0.5) is 5.69 Å². The third-order valence-electron chi connectivity index (χ3n) is 5.23. The van der Waals surface area contributed by atoms with Crippen molar-refractivity contribution in [2.24, 2.45) is 0 Å². The van der Waals surface area contributed by atoms with E-state index >= 15 is 0 Å². The first-order valence-electron chi connectivity index (χ1n) is 10.8. The van der Waals surface area contributed by atoms with Crippen molar-refractivity contribution in [2.75, 3.05) is 30.8 Å². The van der Waals surface area contributed by atoms with Gasteiger partial charge in [-0.2, -0.15) is 0 Å². The van der Waals surface area contributed by atoms with Gasteiger partial charge in [-0.05, 0) is 50.1 Å². The molecule has 9 heteroatoms. The standard InChI is InChI=1S/C24H33N3O5S/c1-6-22(24(29)25-7-2)26(16-19-9-8-10-21(15-19)32-4)23(28)17-27(33(5,30)31)20-13-11-18(3)12-14-20/h8-15,22H,6-7,16-17H2,1-5H3,(H,25,29)/t22-/m1/s1. The Balaban J connectivity index is 2.43. The Morgan fingerprint density at radius 2 is 1.76 bits per heavy atom. The normalized spacial score (nSPS) is 12.0. The number of methoxy groups -OCH3 is 1. The van der Waals surface area contributed by atoms with Crippen molar-refractivity contribution in [2.45, 2.75) is 39.8 Å². The van der Waals surface area contributed by atoms with Crippen molar-refractivity contribution >= 4 is 27.5 Å². The van der Waals surface area contributed by atoms with Crippen LogP contribution in [0.2, 0.25) is 0 Å². The average Bonchev–Trinajstić information content (AvgIpc) is 2.77. The Morgan fingerprint density at radius 1 is 1.09 bits per heavy atom. The van der Waals surface area contributed by atoms with Crippen LogP contribution in [0, 0.1) is 6.92 Å². The predicted octanol–water partition coefficient (Wildman–Crippen LogP) is 2.71. The van der Waals surface area contributed by atoms with E-state index in [1.54, 1.807) is 49.6 Å². The molecule has 2 rings (SSSR count). The zero-order chi connectivity index (χ0) is 24.6. The minimum Gasteiger partial charge on any atom is -0.497 e. The molecule has 2 aromatic rings. The fourth-order valence-electron chi connectivity index (χ4n) is 3.50. The third-order valence-corrected chi connectivity index (χ3v) is 6.37. The fourth-order valence-corrected chi connectivity index (χ4v) is 4.35. The number of amides is 2. The van der Waals surface area contributed by atoms with E-state index in [1.165, 1.54) is 4.90 Å². The largest absolute Gasteiger partial charge is 0.497 e. The van der Waals surface area contributed by atoms with Crippen LogP contribution in [0.3, 0.4) is 0 Å². The van der Waals surface area contributed by atoms with E-state index in [4.69, 9.17) is 4.74 Å². The maximum Gasteiger partial charge on any atom is 0.244 e. The lowest BCUT2D eigenvalue weighted by molar-refractivity contribution is -0.140. The molecule has 0 aliphatic rings. The van der Waals surface area contributed by atoms with Crippen molar-refractivity contribution in [3.63, 3.8) is 0 Å². The summed E-state index contributed by atoms with van der Waals surface area (Å²) >= 11 is 0. The van der Waals surface area contributed by atoms with E-state index < -0.39 is 28.5 Å². The number of ether oxygens (including phenoxy) is 1. The molecule has 0 bridgehead atoms. The summed E-state index contributed by atoms with van der Waals surface area (Å²) in [6.07, 6.45) is 1.44. The molecular weight excluding hydrogens is 442 g/mol. The number of likely N-dealkylation sites (N-methyl/N-ethyl adjacent to an activating group) is 1. The summed E-state index contributed by atoms with van der Waals surface area (Å²) in [5.74, 6) is -0.122. The highest BCUT2D eigenvalue weighted by Gasteiger charge is 2.31. The van der Waals surface area contributed by atoms with E-state index in [0.29, 0.717) is 24.4 Å². The molecule has 180 valence electrons. The van der Waals surface area contributed by atoms with Gasteiger partial charge in [0.2, 0.25) is 21.8 Å². The van der Waals surface area contributed by atoms with Gasteiger partial charge in [0.1, 0.15) is 18.3 Å². The zero-order valence-corrected chi connectivity index (χ0v) is 20.7. The predicted molar refractivity (Wildman–Crippen MR) is 130 cm³/mol. The van der Waals surface area contributed by atoms with Gasteiger partial charge in [-0.15, -0.1) is 0 Å². The van der Waals surface area contributed by atoms with Crippen molar-refractivity contribution < 1.29 is 22.7 Å². The van der Waals surface area contributed by atoms with Crippen LogP contribution < -0.4 is 14.4 Å². The minimum absolute atomic E-state index is 0.136. The van der Waals surface area contributed by atoms with Gasteiger partial charge < -0.3 is 15.0 Å². The van der Waals surface area contributed by atoms with Crippen LogP contribution in [0.25, 0.3) is 0 Å². The Morgan fingerprint density at radius 3 is 2.30 bits per heavy atom. The summed E-state index contributed by atoms with van der Waals surface area (Å²) in [7, 11) is -2.19. The van der Waals surface area contributed by atoms with Crippen molar-refractivity contribution in [3.8, 4) is 5.75 Å². The van der Waals surface area contributed by atoms with Gasteiger partial charge in [-0.3, -0.25) is 13.9 Å². The maximum atomic E-state index is 13.5. The van der Waals surface area contributed by atoms with Gasteiger partial charge in [-0.25, -0.2) is 8.42 Å². The highest BCUT2D eigenvalue weighted by atomic mass is 32.2. The van der Waals surface area contributed by atoms with Crippen LogP contribution in [0.1, 0.15) is 31.4 Å². The smallest absolute Gasteiger partial charge is 0.244 e. The fraction of sp³-hybridized carbons (Fsp3) is 0.417. The molecule has 1 atom stereocenters. The van der Waals surface area contributed by atoms with Gasteiger partial charge in [0, 0.05) is 13.1 Å². The second-order valence-corrected chi connectivity index (χ2v) is 9.70. The molecule has 0 aliphatic heterocycles. The first-order chi connectivity index (χ1) is 15.6. The topological polar surface area (TPSA) is 96.0 Å². The number of carbonyl (C=O) groups excluding carboxylic acids is 2. The van der Waals surface area contributed by atoms with Gasteiger partial charge in [-0.1, -0.05) is 36.8 Å². The highest BCUT2D eigenvalue weighted by molar-refractivity contribution is 7.92. The monoisotopic (exact) mass is 475 g/mol. The summed E-state index contributed by atoms with van der Waals surface area (Å²) in [6, 6.07) is 13.4. The molecule has 0 unspecified atom stereocenters. The summed E-state index contributed by atoms with van der Waals surface area (Å²) in [5, 5.41) is 2.77. The molecule has 0 aliphatic carbocycles. The summed E-state index contributed by atoms with van der Waals surface area (Å²) in [4.78, 5) is 27.7. The first kappa shape index (κ1) is 26.2. The quantitative estimate of drug-likeness (QED) is 0.539. The molecule has 8 nitrogen and oxygen atoms in total. The van der Waals surface area contributed by atoms with Crippen LogP contribution in [0.15, 0.2) is 48.5 Å². The van der Waals surface area contributed by atoms with Gasteiger partial charge in [0.05, 0.1) is 19.1 Å². The molecule has 0 spiro atoms. The molecule has 2 amide bonds. The lowest BCUT2D eigenvalue weighted by Gasteiger charge is -2.32. The van der Waals surface area contributed by atoms with E-state index in [9.17, 15) is 18.0 Å². The molecule has 0 radical (unpaired) electrons. The second-order valence-electron chi connectivity index (χ2n) is 7.80. The first-order valence-corrected chi connectivity index (χ1v) is 12.7. The molecule has 0 saturated heterocycles. The Labute approximate surface area is 196 Å².